The molecule has 0 radical (unpaired) electrons. The molecular weight excluding hydrogens is 496 g/mol. The monoisotopic (exact) mass is 520 g/mol. The van der Waals surface area contributed by atoms with E-state index in [1.54, 1.807) is 60.7 Å². The van der Waals surface area contributed by atoms with Crippen LogP contribution in [0.4, 0.5) is 0 Å². The van der Waals surface area contributed by atoms with Crippen molar-refractivity contribution in [1.29, 1.82) is 0 Å². The third-order valence-electron chi connectivity index (χ3n) is 5.74. The minimum absolute atomic E-state index is 0.00427. The number of nitrogens with one attached hydrogen (secondary N) is 1. The number of carbonyl (C=O) groups excluding carboxylic acids is 3. The predicted molar refractivity (Wildman–Crippen MR) is 133 cm³/mol. The molecule has 1 fully saturated rings. The molecular formula is C27H24N2O9. The zero-order chi connectivity index (χ0) is 27.1. The summed E-state index contributed by atoms with van der Waals surface area (Å²) >= 11 is 0. The highest BCUT2D eigenvalue weighted by molar-refractivity contribution is 5.90. The molecule has 11 heteroatoms. The molecule has 1 aromatic heterocycles. The van der Waals surface area contributed by atoms with Gasteiger partial charge in [0, 0.05) is 18.7 Å². The van der Waals surface area contributed by atoms with E-state index in [9.17, 15) is 24.0 Å². The summed E-state index contributed by atoms with van der Waals surface area (Å²) in [4.78, 5) is 63.6. The summed E-state index contributed by atoms with van der Waals surface area (Å²) in [6, 6.07) is 16.6. The molecule has 1 aliphatic rings. The molecule has 2 heterocycles. The topological polar surface area (TPSA) is 143 Å². The second kappa shape index (κ2) is 12.0. The maximum atomic E-state index is 12.7. The number of rotatable bonds is 8. The van der Waals surface area contributed by atoms with Gasteiger partial charge >= 0.3 is 23.6 Å². The Kier molecular flexibility index (Phi) is 8.29. The Morgan fingerprint density at radius 1 is 1.00 bits per heavy atom. The number of nitrogens with zero attached hydrogens (tertiary/aromatic N) is 1. The van der Waals surface area contributed by atoms with Gasteiger partial charge in [-0.1, -0.05) is 36.4 Å². The van der Waals surface area contributed by atoms with Gasteiger partial charge in [0.2, 0.25) is 0 Å². The fourth-order valence-electron chi connectivity index (χ4n) is 3.80. The van der Waals surface area contributed by atoms with Crippen LogP contribution < -0.4 is 11.2 Å². The third kappa shape index (κ3) is 6.31. The summed E-state index contributed by atoms with van der Waals surface area (Å²) in [5.74, 6) is -1.90. The Labute approximate surface area is 216 Å². The number of carbonyl (C=O) groups is 3. The van der Waals surface area contributed by atoms with Crippen LogP contribution in [-0.2, 0) is 23.7 Å². The van der Waals surface area contributed by atoms with Gasteiger partial charge in [0.25, 0.3) is 5.56 Å². The second-order valence-corrected chi connectivity index (χ2v) is 8.25. The Hall–Kier alpha value is -4.77. The van der Waals surface area contributed by atoms with Crippen molar-refractivity contribution in [3.8, 4) is 0 Å². The van der Waals surface area contributed by atoms with E-state index in [4.69, 9.17) is 14.2 Å². The van der Waals surface area contributed by atoms with E-state index in [-0.39, 0.29) is 18.6 Å². The number of hydrogen-bond acceptors (Lipinski definition) is 9. The molecule has 1 saturated heterocycles. The highest BCUT2D eigenvalue weighted by Crippen LogP contribution is 2.31. The number of H-pyrrole nitrogens is 1. The molecule has 3 atom stereocenters. The van der Waals surface area contributed by atoms with E-state index in [2.05, 4.69) is 9.72 Å². The van der Waals surface area contributed by atoms with E-state index >= 15 is 0 Å². The summed E-state index contributed by atoms with van der Waals surface area (Å²) in [6.07, 6.45) is 0.709. The minimum atomic E-state index is -0.973. The number of aromatic nitrogens is 2. The van der Waals surface area contributed by atoms with Crippen LogP contribution in [0.5, 0.6) is 0 Å². The first-order valence-electron chi connectivity index (χ1n) is 11.6. The summed E-state index contributed by atoms with van der Waals surface area (Å²) in [5.41, 5.74) is -0.850. The lowest BCUT2D eigenvalue weighted by Crippen LogP contribution is -2.33. The van der Waals surface area contributed by atoms with Gasteiger partial charge in [0.05, 0.1) is 23.8 Å². The lowest BCUT2D eigenvalue weighted by molar-refractivity contribution is -0.134. The quantitative estimate of drug-likeness (QED) is 0.268. The van der Waals surface area contributed by atoms with Gasteiger partial charge in [0.1, 0.15) is 25.0 Å². The molecule has 2 aromatic carbocycles. The van der Waals surface area contributed by atoms with Crippen molar-refractivity contribution in [1.82, 2.24) is 9.55 Å². The molecule has 0 bridgehead atoms. The van der Waals surface area contributed by atoms with Crippen molar-refractivity contribution in [3.63, 3.8) is 0 Å². The lowest BCUT2D eigenvalue weighted by Gasteiger charge is -2.19. The molecule has 0 spiro atoms. The zero-order valence-corrected chi connectivity index (χ0v) is 20.3. The molecule has 1 N–H and O–H groups in total. The van der Waals surface area contributed by atoms with Crippen LogP contribution in [0, 0.1) is 0 Å². The van der Waals surface area contributed by atoms with E-state index in [1.165, 1.54) is 19.4 Å². The summed E-state index contributed by atoms with van der Waals surface area (Å²) in [5, 5.41) is 0. The van der Waals surface area contributed by atoms with E-state index in [0.717, 1.165) is 10.6 Å². The first kappa shape index (κ1) is 26.3. The molecule has 11 nitrogen and oxygen atoms in total. The average Bonchev–Trinajstić information content (AvgIpc) is 3.33. The summed E-state index contributed by atoms with van der Waals surface area (Å²) < 4.78 is 22.7. The molecule has 0 aliphatic carbocycles. The van der Waals surface area contributed by atoms with Crippen molar-refractivity contribution in [3.05, 3.63) is 110 Å². The molecule has 0 saturated carbocycles. The van der Waals surface area contributed by atoms with Crippen LogP contribution in [0.3, 0.4) is 0 Å². The van der Waals surface area contributed by atoms with Crippen LogP contribution >= 0.6 is 0 Å². The fraction of sp³-hybridized carbons (Fsp3) is 0.222. The fourth-order valence-corrected chi connectivity index (χ4v) is 3.80. The van der Waals surface area contributed by atoms with Crippen LogP contribution in [0.25, 0.3) is 6.08 Å². The molecule has 4 rings (SSSR count). The Morgan fingerprint density at radius 3 is 2.26 bits per heavy atom. The molecule has 196 valence electrons. The van der Waals surface area contributed by atoms with Crippen molar-refractivity contribution in [2.24, 2.45) is 0 Å². The van der Waals surface area contributed by atoms with Crippen LogP contribution in [-0.4, -0.2) is 53.4 Å². The lowest BCUT2D eigenvalue weighted by atomic mass is 10.1. The SMILES string of the molecule is COC(=O)/C=C/c1cn([C@H]2C[C@H](OC(=O)c3ccccc3)[C@@H](COC(=O)c3ccccc3)O2)c(=O)[nH]c1=O. The standard InChI is InChI=1S/C27H24N2O9/c1-35-23(30)13-12-19-15-29(27(34)28-24(19)31)22-14-20(38-26(33)18-10-6-3-7-11-18)21(37-22)16-36-25(32)17-8-4-2-5-9-17/h2-13,15,20-22H,14,16H2,1H3,(H,28,31,34)/b13-12+/t20-,21+,22+/m0/s1. The first-order valence-corrected chi connectivity index (χ1v) is 11.6. The average molecular weight is 520 g/mol. The van der Waals surface area contributed by atoms with Gasteiger partial charge in [-0.2, -0.15) is 0 Å². The number of benzene rings is 2. The number of ether oxygens (including phenoxy) is 4. The van der Waals surface area contributed by atoms with Gasteiger partial charge in [-0.3, -0.25) is 14.3 Å². The molecule has 0 unspecified atom stereocenters. The van der Waals surface area contributed by atoms with Crippen molar-refractivity contribution in [2.75, 3.05) is 13.7 Å². The maximum absolute atomic E-state index is 12.7. The second-order valence-electron chi connectivity index (χ2n) is 8.25. The molecule has 0 amide bonds. The number of aromatic amines is 1. The predicted octanol–water partition coefficient (Wildman–Crippen LogP) is 2.09. The van der Waals surface area contributed by atoms with Crippen LogP contribution in [0.15, 0.2) is 82.5 Å². The third-order valence-corrected chi connectivity index (χ3v) is 5.74. The first-order chi connectivity index (χ1) is 18.4. The highest BCUT2D eigenvalue weighted by Gasteiger charge is 2.40. The maximum Gasteiger partial charge on any atom is 0.338 e. The zero-order valence-electron chi connectivity index (χ0n) is 20.3. The molecule has 1 aliphatic heterocycles. The summed E-state index contributed by atoms with van der Waals surface area (Å²) in [7, 11) is 1.19. The van der Waals surface area contributed by atoms with Crippen molar-refractivity contribution < 1.29 is 33.3 Å². The van der Waals surface area contributed by atoms with Gasteiger partial charge in [-0.25, -0.2) is 19.2 Å². The van der Waals surface area contributed by atoms with E-state index in [1.807, 2.05) is 0 Å². The van der Waals surface area contributed by atoms with Gasteiger partial charge < -0.3 is 18.9 Å². The Morgan fingerprint density at radius 2 is 1.63 bits per heavy atom. The smallest absolute Gasteiger partial charge is 0.338 e. The van der Waals surface area contributed by atoms with Crippen molar-refractivity contribution in [2.45, 2.75) is 24.9 Å². The number of esters is 3. The number of methoxy groups -OCH3 is 1. The Bertz CT molecular complexity index is 1440. The highest BCUT2D eigenvalue weighted by atomic mass is 16.6. The largest absolute Gasteiger partial charge is 0.466 e. The Balaban J connectivity index is 1.57. The van der Waals surface area contributed by atoms with Gasteiger partial charge in [-0.05, 0) is 30.3 Å². The van der Waals surface area contributed by atoms with E-state index < -0.39 is 47.6 Å². The molecule has 38 heavy (non-hydrogen) atoms. The van der Waals surface area contributed by atoms with Crippen molar-refractivity contribution >= 4 is 24.0 Å². The normalized spacial score (nSPS) is 18.7. The van der Waals surface area contributed by atoms with Crippen LogP contribution in [0.1, 0.15) is 38.9 Å². The van der Waals surface area contributed by atoms with E-state index in [0.29, 0.717) is 11.1 Å². The van der Waals surface area contributed by atoms with Gasteiger partial charge in [0.15, 0.2) is 0 Å². The molecule has 3 aromatic rings. The summed E-state index contributed by atoms with van der Waals surface area (Å²) in [6.45, 7) is -0.260. The van der Waals surface area contributed by atoms with Gasteiger partial charge in [-0.15, -0.1) is 0 Å². The van der Waals surface area contributed by atoms with Crippen LogP contribution in [0.2, 0.25) is 0 Å². The minimum Gasteiger partial charge on any atom is -0.466 e. The number of hydrogen-bond donors (Lipinski definition) is 1.